The van der Waals surface area contributed by atoms with E-state index in [0.717, 1.165) is 5.69 Å². The van der Waals surface area contributed by atoms with Crippen LogP contribution in [-0.4, -0.2) is 17.6 Å². The zero-order valence-electron chi connectivity index (χ0n) is 11.2. The molecule has 0 radical (unpaired) electrons. The topological polar surface area (TPSA) is 70.1 Å². The predicted molar refractivity (Wildman–Crippen MR) is 74.0 cm³/mol. The van der Waals surface area contributed by atoms with E-state index >= 15 is 0 Å². The Morgan fingerprint density at radius 1 is 1.40 bits per heavy atom. The SMILES string of the molecule is Cc1cc(CC(=O)N(CCC#N)c2ccccc2)no1. The number of carbonyl (C=O) groups is 1. The van der Waals surface area contributed by atoms with E-state index in [1.54, 1.807) is 17.9 Å². The van der Waals surface area contributed by atoms with Gasteiger partial charge in [0.05, 0.1) is 24.6 Å². The highest BCUT2D eigenvalue weighted by Gasteiger charge is 2.17. The molecule has 0 aliphatic heterocycles. The summed E-state index contributed by atoms with van der Waals surface area (Å²) in [5.74, 6) is 0.579. The van der Waals surface area contributed by atoms with Crippen molar-refractivity contribution >= 4 is 11.6 Å². The van der Waals surface area contributed by atoms with Crippen molar-refractivity contribution in [2.45, 2.75) is 19.8 Å². The Bertz CT molecular complexity index is 614. The number of aryl methyl sites for hydroxylation is 1. The van der Waals surface area contributed by atoms with E-state index in [9.17, 15) is 4.79 Å². The number of anilines is 1. The predicted octanol–water partition coefficient (Wildman–Crippen LogP) is 2.47. The van der Waals surface area contributed by atoms with Crippen LogP contribution in [0, 0.1) is 18.3 Å². The molecule has 20 heavy (non-hydrogen) atoms. The number of benzene rings is 1. The van der Waals surface area contributed by atoms with Crippen molar-refractivity contribution in [1.82, 2.24) is 5.16 Å². The quantitative estimate of drug-likeness (QED) is 0.836. The molecule has 1 heterocycles. The van der Waals surface area contributed by atoms with Crippen molar-refractivity contribution in [3.63, 3.8) is 0 Å². The fourth-order valence-electron chi connectivity index (χ4n) is 1.92. The number of nitriles is 1. The molecule has 102 valence electrons. The molecule has 0 bridgehead atoms. The average molecular weight is 269 g/mol. The first-order valence-corrected chi connectivity index (χ1v) is 6.35. The highest BCUT2D eigenvalue weighted by Crippen LogP contribution is 2.15. The first kappa shape index (κ1) is 13.8. The zero-order valence-corrected chi connectivity index (χ0v) is 11.2. The fourth-order valence-corrected chi connectivity index (χ4v) is 1.92. The number of nitrogens with zero attached hydrogens (tertiary/aromatic N) is 3. The van der Waals surface area contributed by atoms with Crippen LogP contribution < -0.4 is 4.90 Å². The summed E-state index contributed by atoms with van der Waals surface area (Å²) in [5.41, 5.74) is 1.39. The second-order valence-corrected chi connectivity index (χ2v) is 4.39. The van der Waals surface area contributed by atoms with Gasteiger partial charge in [-0.15, -0.1) is 0 Å². The number of hydrogen-bond donors (Lipinski definition) is 0. The first-order chi connectivity index (χ1) is 9.70. The van der Waals surface area contributed by atoms with Gasteiger partial charge in [-0.1, -0.05) is 23.4 Å². The van der Waals surface area contributed by atoms with Crippen molar-refractivity contribution in [1.29, 1.82) is 5.26 Å². The average Bonchev–Trinajstić information content (AvgIpc) is 2.86. The van der Waals surface area contributed by atoms with E-state index < -0.39 is 0 Å². The second-order valence-electron chi connectivity index (χ2n) is 4.39. The Morgan fingerprint density at radius 2 is 2.15 bits per heavy atom. The Balaban J connectivity index is 2.14. The summed E-state index contributed by atoms with van der Waals surface area (Å²) in [6, 6.07) is 13.1. The van der Waals surface area contributed by atoms with Crippen LogP contribution in [0.1, 0.15) is 17.9 Å². The molecule has 0 spiro atoms. The Kier molecular flexibility index (Phi) is 4.51. The molecule has 5 nitrogen and oxygen atoms in total. The third kappa shape index (κ3) is 3.45. The molecule has 1 aromatic carbocycles. The number of aromatic nitrogens is 1. The summed E-state index contributed by atoms with van der Waals surface area (Å²) < 4.78 is 4.96. The van der Waals surface area contributed by atoms with Gasteiger partial charge in [-0.05, 0) is 19.1 Å². The zero-order chi connectivity index (χ0) is 14.4. The lowest BCUT2D eigenvalue weighted by Gasteiger charge is -2.21. The first-order valence-electron chi connectivity index (χ1n) is 6.35. The minimum atomic E-state index is -0.0975. The van der Waals surface area contributed by atoms with E-state index in [1.807, 2.05) is 30.3 Å². The van der Waals surface area contributed by atoms with Crippen LogP contribution in [0.15, 0.2) is 40.9 Å². The number of para-hydroxylation sites is 1. The lowest BCUT2D eigenvalue weighted by atomic mass is 10.2. The van der Waals surface area contributed by atoms with Crippen LogP contribution in [0.25, 0.3) is 0 Å². The van der Waals surface area contributed by atoms with Gasteiger partial charge in [0.1, 0.15) is 5.76 Å². The molecule has 5 heteroatoms. The van der Waals surface area contributed by atoms with Crippen LogP contribution in [-0.2, 0) is 11.2 Å². The Morgan fingerprint density at radius 3 is 2.75 bits per heavy atom. The number of amides is 1. The van der Waals surface area contributed by atoms with E-state index in [0.29, 0.717) is 24.4 Å². The highest BCUT2D eigenvalue weighted by atomic mass is 16.5. The van der Waals surface area contributed by atoms with Gasteiger partial charge in [-0.25, -0.2) is 0 Å². The summed E-state index contributed by atoms with van der Waals surface area (Å²) in [6.45, 7) is 2.15. The van der Waals surface area contributed by atoms with Crippen molar-refractivity contribution in [3.8, 4) is 6.07 Å². The number of carbonyl (C=O) groups excluding carboxylic acids is 1. The maximum absolute atomic E-state index is 12.4. The summed E-state index contributed by atoms with van der Waals surface area (Å²) >= 11 is 0. The van der Waals surface area contributed by atoms with Gasteiger partial charge >= 0.3 is 0 Å². The lowest BCUT2D eigenvalue weighted by molar-refractivity contribution is -0.118. The molecule has 0 N–H and O–H groups in total. The summed E-state index contributed by atoms with van der Waals surface area (Å²) in [6.07, 6.45) is 0.455. The normalized spacial score (nSPS) is 10.0. The van der Waals surface area contributed by atoms with Gasteiger partial charge in [0.15, 0.2) is 0 Å². The van der Waals surface area contributed by atoms with Crippen LogP contribution in [0.5, 0.6) is 0 Å². The standard InChI is InChI=1S/C15H15N3O2/c1-12-10-13(17-20-12)11-15(19)18(9-5-8-16)14-6-3-2-4-7-14/h2-4,6-7,10H,5,9,11H2,1H3. The van der Waals surface area contributed by atoms with Crippen molar-refractivity contribution in [2.24, 2.45) is 0 Å². The van der Waals surface area contributed by atoms with E-state index in [1.165, 1.54) is 0 Å². The maximum atomic E-state index is 12.4. The Labute approximate surface area is 117 Å². The Hall–Kier alpha value is -2.61. The van der Waals surface area contributed by atoms with Gasteiger partial charge in [-0.3, -0.25) is 4.79 Å². The van der Waals surface area contributed by atoms with Gasteiger partial charge in [-0.2, -0.15) is 5.26 Å². The van der Waals surface area contributed by atoms with E-state index in [-0.39, 0.29) is 12.3 Å². The third-order valence-electron chi connectivity index (χ3n) is 2.83. The molecule has 2 aromatic rings. The molecule has 0 aliphatic carbocycles. The van der Waals surface area contributed by atoms with Crippen molar-refractivity contribution in [2.75, 3.05) is 11.4 Å². The molecule has 0 unspecified atom stereocenters. The molecule has 1 amide bonds. The third-order valence-corrected chi connectivity index (χ3v) is 2.83. The lowest BCUT2D eigenvalue weighted by Crippen LogP contribution is -2.33. The van der Waals surface area contributed by atoms with Crippen LogP contribution in [0.4, 0.5) is 5.69 Å². The molecule has 0 aliphatic rings. The van der Waals surface area contributed by atoms with E-state index in [4.69, 9.17) is 9.78 Å². The summed E-state index contributed by atoms with van der Waals surface area (Å²) in [4.78, 5) is 14.0. The largest absolute Gasteiger partial charge is 0.361 e. The van der Waals surface area contributed by atoms with Gasteiger partial charge in [0.2, 0.25) is 5.91 Å². The molecule has 2 rings (SSSR count). The monoisotopic (exact) mass is 269 g/mol. The van der Waals surface area contributed by atoms with Gasteiger partial charge < -0.3 is 9.42 Å². The number of rotatable bonds is 5. The molecule has 0 atom stereocenters. The second kappa shape index (κ2) is 6.53. The maximum Gasteiger partial charge on any atom is 0.233 e. The smallest absolute Gasteiger partial charge is 0.233 e. The molecule has 0 saturated heterocycles. The molecule has 0 fully saturated rings. The minimum absolute atomic E-state index is 0.0975. The number of hydrogen-bond acceptors (Lipinski definition) is 4. The van der Waals surface area contributed by atoms with Crippen LogP contribution in [0.3, 0.4) is 0 Å². The van der Waals surface area contributed by atoms with E-state index in [2.05, 4.69) is 11.2 Å². The minimum Gasteiger partial charge on any atom is -0.361 e. The summed E-state index contributed by atoms with van der Waals surface area (Å²) in [7, 11) is 0. The van der Waals surface area contributed by atoms with Crippen molar-refractivity contribution in [3.05, 3.63) is 47.9 Å². The molecular weight excluding hydrogens is 254 g/mol. The van der Waals surface area contributed by atoms with Crippen LogP contribution in [0.2, 0.25) is 0 Å². The van der Waals surface area contributed by atoms with Crippen LogP contribution >= 0.6 is 0 Å². The molecule has 1 aromatic heterocycles. The fraction of sp³-hybridized carbons (Fsp3) is 0.267. The molecule has 0 saturated carbocycles. The van der Waals surface area contributed by atoms with Gasteiger partial charge in [0.25, 0.3) is 0 Å². The van der Waals surface area contributed by atoms with Gasteiger partial charge in [0, 0.05) is 18.3 Å². The summed E-state index contributed by atoms with van der Waals surface area (Å²) in [5, 5.41) is 12.5. The molecular formula is C15H15N3O2. The van der Waals surface area contributed by atoms with Crippen molar-refractivity contribution < 1.29 is 9.32 Å². The highest BCUT2D eigenvalue weighted by molar-refractivity contribution is 5.94.